The molecule has 0 saturated heterocycles. The van der Waals surface area contributed by atoms with Gasteiger partial charge in [0.05, 0.1) is 6.61 Å². The largest absolute Gasteiger partial charge is 0.461 e. The van der Waals surface area contributed by atoms with E-state index in [9.17, 15) is 4.79 Å². The van der Waals surface area contributed by atoms with Crippen molar-refractivity contribution in [3.63, 3.8) is 0 Å². The van der Waals surface area contributed by atoms with Crippen LogP contribution in [0.2, 0.25) is 0 Å². The van der Waals surface area contributed by atoms with Crippen LogP contribution in [0.15, 0.2) is 0 Å². The van der Waals surface area contributed by atoms with Gasteiger partial charge in [-0.15, -0.1) is 0 Å². The van der Waals surface area contributed by atoms with Crippen molar-refractivity contribution in [2.45, 2.75) is 32.9 Å². The number of aliphatic hydroxyl groups is 1. The van der Waals surface area contributed by atoms with Gasteiger partial charge in [-0.05, 0) is 12.8 Å². The second-order valence-electron chi connectivity index (χ2n) is 3.18. The molecule has 0 aliphatic heterocycles. The highest BCUT2D eigenvalue weighted by Crippen LogP contribution is 2.05. The summed E-state index contributed by atoms with van der Waals surface area (Å²) in [5.74, 6) is -0.279. The van der Waals surface area contributed by atoms with E-state index < -0.39 is 12.0 Å². The van der Waals surface area contributed by atoms with Crippen LogP contribution in [0, 0.1) is 5.92 Å². The van der Waals surface area contributed by atoms with Crippen LogP contribution in [0.5, 0.6) is 0 Å². The summed E-state index contributed by atoms with van der Waals surface area (Å²) < 4.78 is 4.94. The predicted molar refractivity (Wildman–Crippen MR) is 45.5 cm³/mol. The number of ether oxygens (including phenoxy) is 1. The second-order valence-corrected chi connectivity index (χ2v) is 3.18. The fourth-order valence-corrected chi connectivity index (χ4v) is 0.481. The second kappa shape index (κ2) is 5.11. The zero-order valence-electron chi connectivity index (χ0n) is 7.78. The van der Waals surface area contributed by atoms with Crippen molar-refractivity contribution in [3.8, 4) is 0 Å². The van der Waals surface area contributed by atoms with E-state index in [1.165, 1.54) is 0 Å². The van der Waals surface area contributed by atoms with E-state index in [0.29, 0.717) is 0 Å². The van der Waals surface area contributed by atoms with E-state index in [0.717, 1.165) is 0 Å². The lowest BCUT2D eigenvalue weighted by atomic mass is 10.1. The molecule has 0 unspecified atom stereocenters. The molecule has 0 aliphatic carbocycles. The first-order valence-corrected chi connectivity index (χ1v) is 4.06. The number of rotatable bonds is 4. The minimum atomic E-state index is -0.911. The maximum Gasteiger partial charge on any atom is 0.325 e. The summed E-state index contributed by atoms with van der Waals surface area (Å²) in [4.78, 5) is 11.0. The van der Waals surface area contributed by atoms with Crippen LogP contribution in [0.3, 0.4) is 0 Å². The summed E-state index contributed by atoms with van der Waals surface area (Å²) in [5, 5.41) is 8.53. The molecule has 0 radical (unpaired) electrons. The van der Waals surface area contributed by atoms with Crippen LogP contribution in [0.4, 0.5) is 0 Å². The van der Waals surface area contributed by atoms with Gasteiger partial charge in [0.2, 0.25) is 0 Å². The van der Waals surface area contributed by atoms with Gasteiger partial charge in [-0.25, -0.2) is 0 Å². The lowest BCUT2D eigenvalue weighted by molar-refractivity contribution is -0.152. The topological polar surface area (TPSA) is 72.5 Å². The molecule has 0 aromatic rings. The van der Waals surface area contributed by atoms with Crippen molar-refractivity contribution in [2.24, 2.45) is 11.7 Å². The molecule has 2 atom stereocenters. The first-order valence-electron chi connectivity index (χ1n) is 4.06. The first kappa shape index (κ1) is 11.4. The summed E-state index contributed by atoms with van der Waals surface area (Å²) in [5.41, 5.74) is 5.24. The minimum absolute atomic E-state index is 0.157. The van der Waals surface area contributed by atoms with Crippen LogP contribution in [0.1, 0.15) is 20.8 Å². The third kappa shape index (κ3) is 3.69. The van der Waals surface area contributed by atoms with Gasteiger partial charge in [-0.1, -0.05) is 13.8 Å². The molecule has 12 heavy (non-hydrogen) atoms. The standard InChI is InChI=1S/C8H17NO3/c1-5(2)6(3)12-8(11)7(9)4-10/h5-7,10H,4,9H2,1-3H3/t6-,7+/m0/s1. The van der Waals surface area contributed by atoms with Crippen LogP contribution in [-0.2, 0) is 9.53 Å². The number of esters is 1. The third-order valence-corrected chi connectivity index (χ3v) is 1.74. The highest BCUT2D eigenvalue weighted by Gasteiger charge is 2.18. The highest BCUT2D eigenvalue weighted by atomic mass is 16.5. The van der Waals surface area contributed by atoms with Gasteiger partial charge in [0.25, 0.3) is 0 Å². The Labute approximate surface area is 72.7 Å². The highest BCUT2D eigenvalue weighted by molar-refractivity contribution is 5.75. The van der Waals surface area contributed by atoms with Gasteiger partial charge in [0, 0.05) is 0 Å². The van der Waals surface area contributed by atoms with Gasteiger partial charge in [0.15, 0.2) is 0 Å². The molecule has 72 valence electrons. The lowest BCUT2D eigenvalue weighted by Crippen LogP contribution is -2.38. The average Bonchev–Trinajstić information content (AvgIpc) is 2.02. The first-order chi connectivity index (χ1) is 5.49. The van der Waals surface area contributed by atoms with E-state index in [1.54, 1.807) is 6.92 Å². The van der Waals surface area contributed by atoms with Crippen molar-refractivity contribution in [3.05, 3.63) is 0 Å². The Morgan fingerprint density at radius 2 is 2.00 bits per heavy atom. The van der Waals surface area contributed by atoms with Gasteiger partial charge in [-0.2, -0.15) is 0 Å². The molecule has 0 aliphatic rings. The number of aliphatic hydroxyl groups excluding tert-OH is 1. The molecule has 4 heteroatoms. The van der Waals surface area contributed by atoms with Crippen molar-refractivity contribution >= 4 is 5.97 Å². The molecule has 0 heterocycles. The summed E-state index contributed by atoms with van der Waals surface area (Å²) >= 11 is 0. The van der Waals surface area contributed by atoms with E-state index >= 15 is 0 Å². The summed E-state index contributed by atoms with van der Waals surface area (Å²) in [7, 11) is 0. The number of carbonyl (C=O) groups excluding carboxylic acids is 1. The molecule has 0 bridgehead atoms. The van der Waals surface area contributed by atoms with Crippen molar-refractivity contribution in [1.82, 2.24) is 0 Å². The molecule has 0 rings (SSSR count). The smallest absolute Gasteiger partial charge is 0.325 e. The Morgan fingerprint density at radius 3 is 2.33 bits per heavy atom. The SMILES string of the molecule is CC(C)[C@H](C)OC(=O)[C@H](N)CO. The number of hydrogen-bond acceptors (Lipinski definition) is 4. The summed E-state index contributed by atoms with van der Waals surface area (Å²) in [6.45, 7) is 5.32. The van der Waals surface area contributed by atoms with Crippen LogP contribution in [-0.4, -0.2) is 29.8 Å². The van der Waals surface area contributed by atoms with E-state index in [1.807, 2.05) is 13.8 Å². The van der Waals surface area contributed by atoms with Crippen molar-refractivity contribution in [2.75, 3.05) is 6.61 Å². The van der Waals surface area contributed by atoms with Crippen LogP contribution >= 0.6 is 0 Å². The van der Waals surface area contributed by atoms with Gasteiger partial charge < -0.3 is 15.6 Å². The van der Waals surface area contributed by atoms with Crippen LogP contribution in [0.25, 0.3) is 0 Å². The average molecular weight is 175 g/mol. The normalized spacial score (nSPS) is 15.8. The Morgan fingerprint density at radius 1 is 1.50 bits per heavy atom. The lowest BCUT2D eigenvalue weighted by Gasteiger charge is -2.18. The molecule has 0 amide bonds. The zero-order chi connectivity index (χ0) is 9.72. The Bertz CT molecular complexity index is 147. The Hall–Kier alpha value is -0.610. The number of hydrogen-bond donors (Lipinski definition) is 2. The summed E-state index contributed by atoms with van der Waals surface area (Å²) in [6, 6.07) is -0.911. The van der Waals surface area contributed by atoms with Gasteiger partial charge in [0.1, 0.15) is 12.1 Å². The summed E-state index contributed by atoms with van der Waals surface area (Å²) in [6.07, 6.45) is -0.157. The van der Waals surface area contributed by atoms with E-state index in [-0.39, 0.29) is 18.6 Å². The molecule has 3 N–H and O–H groups in total. The number of carbonyl (C=O) groups is 1. The molecule has 0 spiro atoms. The fourth-order valence-electron chi connectivity index (χ4n) is 0.481. The van der Waals surface area contributed by atoms with Crippen molar-refractivity contribution in [1.29, 1.82) is 0 Å². The molecule has 0 aromatic carbocycles. The molecular weight excluding hydrogens is 158 g/mol. The monoisotopic (exact) mass is 175 g/mol. The molecule has 0 aromatic heterocycles. The maximum atomic E-state index is 11.0. The van der Waals surface area contributed by atoms with E-state index in [2.05, 4.69) is 0 Å². The molecular formula is C8H17NO3. The molecule has 4 nitrogen and oxygen atoms in total. The van der Waals surface area contributed by atoms with Gasteiger partial charge >= 0.3 is 5.97 Å². The minimum Gasteiger partial charge on any atom is -0.461 e. The van der Waals surface area contributed by atoms with E-state index in [4.69, 9.17) is 15.6 Å². The fraction of sp³-hybridized carbons (Fsp3) is 0.875. The quantitative estimate of drug-likeness (QED) is 0.585. The third-order valence-electron chi connectivity index (χ3n) is 1.74. The van der Waals surface area contributed by atoms with Crippen molar-refractivity contribution < 1.29 is 14.6 Å². The Kier molecular flexibility index (Phi) is 4.85. The predicted octanol–water partition coefficient (Wildman–Crippen LogP) is -0.106. The molecule has 0 fully saturated rings. The Balaban J connectivity index is 3.84. The van der Waals surface area contributed by atoms with Crippen LogP contribution < -0.4 is 5.73 Å². The maximum absolute atomic E-state index is 11.0. The van der Waals surface area contributed by atoms with Gasteiger partial charge in [-0.3, -0.25) is 4.79 Å². The molecule has 0 saturated carbocycles. The number of nitrogens with two attached hydrogens (primary N) is 1. The zero-order valence-corrected chi connectivity index (χ0v) is 7.78.